The summed E-state index contributed by atoms with van der Waals surface area (Å²) in [5.41, 5.74) is 1.42. The van der Waals surface area contributed by atoms with Crippen molar-refractivity contribution in [2.75, 3.05) is 31.1 Å². The van der Waals surface area contributed by atoms with Gasteiger partial charge in [-0.05, 0) is 36.9 Å². The predicted molar refractivity (Wildman–Crippen MR) is 100 cm³/mol. The second kappa shape index (κ2) is 7.65. The molecule has 7 nitrogen and oxygen atoms in total. The average molecular weight is 373 g/mol. The molecule has 1 aliphatic rings. The van der Waals surface area contributed by atoms with E-state index in [0.29, 0.717) is 43.0 Å². The highest BCUT2D eigenvalue weighted by atomic mass is 32.1. The second-order valence-corrected chi connectivity index (χ2v) is 6.94. The Labute approximate surface area is 155 Å². The largest absolute Gasteiger partial charge is 0.364 e. The Balaban J connectivity index is 1.80. The van der Waals surface area contributed by atoms with Gasteiger partial charge in [0.1, 0.15) is 5.69 Å². The SMILES string of the molecule is CC(=O)c1ccc(N2CCCN(C(=O)c3ccsc3)CC2)c([N+](=O)[O-])c1. The molecule has 2 heterocycles. The normalized spacial score (nSPS) is 14.8. The Hall–Kier alpha value is -2.74. The smallest absolute Gasteiger partial charge is 0.293 e. The number of thiophene rings is 1. The first-order valence-corrected chi connectivity index (χ1v) is 9.27. The summed E-state index contributed by atoms with van der Waals surface area (Å²) >= 11 is 1.48. The number of rotatable bonds is 4. The van der Waals surface area contributed by atoms with Crippen LogP contribution in [0.25, 0.3) is 0 Å². The fourth-order valence-corrected chi connectivity index (χ4v) is 3.72. The van der Waals surface area contributed by atoms with Crippen LogP contribution in [0.3, 0.4) is 0 Å². The van der Waals surface area contributed by atoms with Gasteiger partial charge in [0, 0.05) is 43.2 Å². The van der Waals surface area contributed by atoms with Crippen LogP contribution in [0.15, 0.2) is 35.0 Å². The minimum atomic E-state index is -0.457. The van der Waals surface area contributed by atoms with E-state index >= 15 is 0 Å². The molecule has 1 fully saturated rings. The van der Waals surface area contributed by atoms with Crippen molar-refractivity contribution >= 4 is 34.4 Å². The van der Waals surface area contributed by atoms with Crippen LogP contribution in [0, 0.1) is 10.1 Å². The van der Waals surface area contributed by atoms with Crippen molar-refractivity contribution in [2.45, 2.75) is 13.3 Å². The number of nitrogens with zero attached hydrogens (tertiary/aromatic N) is 3. The number of ketones is 1. The molecule has 2 aromatic rings. The number of carbonyl (C=O) groups excluding carboxylic acids is 2. The monoisotopic (exact) mass is 373 g/mol. The van der Waals surface area contributed by atoms with Crippen LogP contribution in [0.5, 0.6) is 0 Å². The van der Waals surface area contributed by atoms with Gasteiger partial charge in [0.25, 0.3) is 11.6 Å². The molecule has 0 bridgehead atoms. The number of nitro benzene ring substituents is 1. The van der Waals surface area contributed by atoms with Crippen molar-refractivity contribution < 1.29 is 14.5 Å². The molecule has 136 valence electrons. The Morgan fingerprint density at radius 2 is 1.92 bits per heavy atom. The van der Waals surface area contributed by atoms with Crippen LogP contribution in [-0.2, 0) is 0 Å². The van der Waals surface area contributed by atoms with E-state index in [-0.39, 0.29) is 17.4 Å². The average Bonchev–Trinajstić information content (AvgIpc) is 3.05. The quantitative estimate of drug-likeness (QED) is 0.467. The minimum Gasteiger partial charge on any atom is -0.364 e. The first kappa shape index (κ1) is 18.1. The van der Waals surface area contributed by atoms with Crippen molar-refractivity contribution in [3.8, 4) is 0 Å². The van der Waals surface area contributed by atoms with Gasteiger partial charge >= 0.3 is 0 Å². The molecule has 0 aliphatic carbocycles. The molecule has 8 heteroatoms. The maximum Gasteiger partial charge on any atom is 0.293 e. The van der Waals surface area contributed by atoms with Crippen LogP contribution in [0.2, 0.25) is 0 Å². The molecule has 0 unspecified atom stereocenters. The lowest BCUT2D eigenvalue weighted by Gasteiger charge is -2.23. The minimum absolute atomic E-state index is 0.00507. The summed E-state index contributed by atoms with van der Waals surface area (Å²) in [6.07, 6.45) is 0.724. The molecule has 0 spiro atoms. The van der Waals surface area contributed by atoms with E-state index in [9.17, 15) is 19.7 Å². The van der Waals surface area contributed by atoms with Gasteiger partial charge in [-0.2, -0.15) is 11.3 Å². The van der Waals surface area contributed by atoms with Crippen LogP contribution in [-0.4, -0.2) is 47.7 Å². The standard InChI is InChI=1S/C18H19N3O4S/c1-13(22)14-3-4-16(17(11-14)21(24)25)19-6-2-7-20(9-8-19)18(23)15-5-10-26-12-15/h3-5,10-12H,2,6-9H2,1H3. The fraction of sp³-hybridized carbons (Fsp3) is 0.333. The van der Waals surface area contributed by atoms with Gasteiger partial charge in [-0.15, -0.1) is 0 Å². The lowest BCUT2D eigenvalue weighted by atomic mass is 10.1. The number of hydrogen-bond acceptors (Lipinski definition) is 6. The van der Waals surface area contributed by atoms with E-state index in [1.165, 1.54) is 24.3 Å². The summed E-state index contributed by atoms with van der Waals surface area (Å²) in [7, 11) is 0. The van der Waals surface area contributed by atoms with Crippen molar-refractivity contribution in [3.63, 3.8) is 0 Å². The predicted octanol–water partition coefficient (Wildman–Crippen LogP) is 3.21. The number of hydrogen-bond donors (Lipinski definition) is 0. The Bertz CT molecular complexity index is 835. The Kier molecular flexibility index (Phi) is 5.32. The van der Waals surface area contributed by atoms with Gasteiger partial charge < -0.3 is 9.80 Å². The summed E-state index contributed by atoms with van der Waals surface area (Å²) in [4.78, 5) is 38.7. The first-order chi connectivity index (χ1) is 12.5. The second-order valence-electron chi connectivity index (χ2n) is 6.16. The molecule has 1 aromatic heterocycles. The zero-order chi connectivity index (χ0) is 18.7. The van der Waals surface area contributed by atoms with Gasteiger partial charge in [-0.3, -0.25) is 19.7 Å². The van der Waals surface area contributed by atoms with E-state index < -0.39 is 4.92 Å². The van der Waals surface area contributed by atoms with E-state index in [0.717, 1.165) is 6.42 Å². The van der Waals surface area contributed by atoms with E-state index in [2.05, 4.69) is 0 Å². The molecule has 3 rings (SSSR count). The number of Topliss-reactive ketones (excluding diaryl/α,β-unsaturated/α-hetero) is 1. The number of nitro groups is 1. The summed E-state index contributed by atoms with van der Waals surface area (Å²) < 4.78 is 0. The zero-order valence-corrected chi connectivity index (χ0v) is 15.2. The maximum atomic E-state index is 12.5. The highest BCUT2D eigenvalue weighted by Crippen LogP contribution is 2.30. The lowest BCUT2D eigenvalue weighted by molar-refractivity contribution is -0.384. The zero-order valence-electron chi connectivity index (χ0n) is 14.4. The van der Waals surface area contributed by atoms with Crippen LogP contribution < -0.4 is 4.90 Å². The summed E-state index contributed by atoms with van der Waals surface area (Å²) in [6.45, 7) is 3.63. The van der Waals surface area contributed by atoms with Crippen molar-refractivity contribution in [1.82, 2.24) is 4.90 Å². The summed E-state index contributed by atoms with van der Waals surface area (Å²) in [5, 5.41) is 15.2. The highest BCUT2D eigenvalue weighted by Gasteiger charge is 2.25. The topological polar surface area (TPSA) is 83.8 Å². The maximum absolute atomic E-state index is 12.5. The lowest BCUT2D eigenvalue weighted by Crippen LogP contribution is -2.35. The van der Waals surface area contributed by atoms with Crippen LogP contribution in [0.1, 0.15) is 34.1 Å². The number of benzene rings is 1. The van der Waals surface area contributed by atoms with Gasteiger partial charge in [-0.1, -0.05) is 0 Å². The third kappa shape index (κ3) is 3.75. The van der Waals surface area contributed by atoms with Crippen molar-refractivity contribution in [1.29, 1.82) is 0 Å². The van der Waals surface area contributed by atoms with Crippen LogP contribution >= 0.6 is 11.3 Å². The van der Waals surface area contributed by atoms with E-state index in [1.807, 2.05) is 15.7 Å². The molecule has 0 atom stereocenters. The molecule has 1 aromatic carbocycles. The number of amides is 1. The fourth-order valence-electron chi connectivity index (χ4n) is 3.09. The third-order valence-electron chi connectivity index (χ3n) is 4.47. The van der Waals surface area contributed by atoms with E-state index in [4.69, 9.17) is 0 Å². The molecule has 1 aliphatic heterocycles. The van der Waals surface area contributed by atoms with E-state index in [1.54, 1.807) is 23.1 Å². The molecular weight excluding hydrogens is 354 g/mol. The molecule has 1 amide bonds. The summed E-state index contributed by atoms with van der Waals surface area (Å²) in [5.74, 6) is -0.211. The molecule has 0 radical (unpaired) electrons. The summed E-state index contributed by atoms with van der Waals surface area (Å²) in [6, 6.07) is 6.38. The first-order valence-electron chi connectivity index (χ1n) is 8.33. The van der Waals surface area contributed by atoms with Crippen molar-refractivity contribution in [2.24, 2.45) is 0 Å². The Morgan fingerprint density at radius 1 is 1.12 bits per heavy atom. The van der Waals surface area contributed by atoms with Crippen molar-refractivity contribution in [3.05, 3.63) is 56.3 Å². The highest BCUT2D eigenvalue weighted by molar-refractivity contribution is 7.08. The van der Waals surface area contributed by atoms with Gasteiger partial charge in [0.15, 0.2) is 5.78 Å². The number of carbonyl (C=O) groups is 2. The molecule has 0 N–H and O–H groups in total. The molecule has 1 saturated heterocycles. The van der Waals surface area contributed by atoms with Gasteiger partial charge in [0.05, 0.1) is 10.5 Å². The molecular formula is C18H19N3O4S. The third-order valence-corrected chi connectivity index (χ3v) is 5.15. The van der Waals surface area contributed by atoms with Gasteiger partial charge in [-0.25, -0.2) is 0 Å². The van der Waals surface area contributed by atoms with Gasteiger partial charge in [0.2, 0.25) is 0 Å². The Morgan fingerprint density at radius 3 is 2.58 bits per heavy atom. The van der Waals surface area contributed by atoms with Crippen LogP contribution in [0.4, 0.5) is 11.4 Å². The number of anilines is 1. The molecule has 26 heavy (non-hydrogen) atoms. The molecule has 0 saturated carbocycles.